The molecule has 2 N–H and O–H groups in total. The van der Waals surface area contributed by atoms with Gasteiger partial charge in [-0.1, -0.05) is 0 Å². The number of guanidine groups is 1. The Morgan fingerprint density at radius 2 is 2.13 bits per heavy atom. The lowest BCUT2D eigenvalue weighted by Crippen LogP contribution is -2.48. The number of fused-ring (bicyclic) bond motifs is 1. The van der Waals surface area contributed by atoms with E-state index in [0.29, 0.717) is 12.6 Å². The molecule has 3 heterocycles. The van der Waals surface area contributed by atoms with Crippen molar-refractivity contribution in [3.8, 4) is 11.5 Å². The maximum atomic E-state index is 5.91. The van der Waals surface area contributed by atoms with E-state index in [9.17, 15) is 0 Å². The van der Waals surface area contributed by atoms with Gasteiger partial charge in [-0.05, 0) is 49.4 Å². The number of halogens is 1. The van der Waals surface area contributed by atoms with Crippen LogP contribution >= 0.6 is 35.3 Å². The largest absolute Gasteiger partial charge is 0.496 e. The van der Waals surface area contributed by atoms with Gasteiger partial charge in [-0.3, -0.25) is 4.99 Å². The molecule has 1 saturated heterocycles. The van der Waals surface area contributed by atoms with Crippen LogP contribution in [0.25, 0.3) is 0 Å². The van der Waals surface area contributed by atoms with Gasteiger partial charge < -0.3 is 25.0 Å². The molecule has 2 aromatic rings. The highest BCUT2D eigenvalue weighted by molar-refractivity contribution is 14.0. The molecular weight excluding hydrogens is 511 g/mol. The number of anilines is 1. The maximum absolute atomic E-state index is 5.91. The summed E-state index contributed by atoms with van der Waals surface area (Å²) in [6, 6.07) is 8.95. The van der Waals surface area contributed by atoms with E-state index in [1.54, 1.807) is 7.11 Å². The Hall–Kier alpha value is -1.68. The van der Waals surface area contributed by atoms with Crippen molar-refractivity contribution < 1.29 is 9.47 Å². The second-order valence-corrected chi connectivity index (χ2v) is 8.61. The Labute approximate surface area is 200 Å². The molecule has 4 rings (SSSR count). The number of hydrogen-bond acceptors (Lipinski definition) is 5. The van der Waals surface area contributed by atoms with E-state index >= 15 is 0 Å². The summed E-state index contributed by atoms with van der Waals surface area (Å²) in [5.41, 5.74) is 2.30. The summed E-state index contributed by atoms with van der Waals surface area (Å²) in [5.74, 6) is 2.70. The van der Waals surface area contributed by atoms with Crippen LogP contribution in [0.5, 0.6) is 11.5 Å². The Morgan fingerprint density at radius 1 is 1.33 bits per heavy atom. The molecule has 1 atom stereocenters. The van der Waals surface area contributed by atoms with Gasteiger partial charge in [0.2, 0.25) is 0 Å². The normalized spacial score (nSPS) is 19.0. The average molecular weight is 542 g/mol. The molecule has 0 spiro atoms. The van der Waals surface area contributed by atoms with Crippen LogP contribution < -0.4 is 25.0 Å². The van der Waals surface area contributed by atoms with Gasteiger partial charge in [-0.2, -0.15) is 0 Å². The van der Waals surface area contributed by atoms with E-state index in [-0.39, 0.29) is 30.1 Å². The summed E-state index contributed by atoms with van der Waals surface area (Å²) in [6.07, 6.45) is 3.37. The Bertz CT molecular complexity index is 851. The predicted octanol–water partition coefficient (Wildman–Crippen LogP) is 4.03. The fourth-order valence-electron chi connectivity index (χ4n) is 4.07. The number of piperidine rings is 1. The third-order valence-electron chi connectivity index (χ3n) is 5.62. The molecule has 1 aromatic carbocycles. The van der Waals surface area contributed by atoms with Crippen LogP contribution in [0.1, 0.15) is 30.9 Å². The highest BCUT2D eigenvalue weighted by atomic mass is 127. The first-order chi connectivity index (χ1) is 14.2. The maximum Gasteiger partial charge on any atom is 0.191 e. The number of ether oxygens (including phenoxy) is 2. The molecule has 2 aliphatic heterocycles. The van der Waals surface area contributed by atoms with E-state index < -0.39 is 0 Å². The second-order valence-electron chi connectivity index (χ2n) is 7.69. The first kappa shape index (κ1) is 23.0. The van der Waals surface area contributed by atoms with E-state index in [0.717, 1.165) is 55.4 Å². The highest BCUT2D eigenvalue weighted by Crippen LogP contribution is 2.35. The molecule has 0 amide bonds. The van der Waals surface area contributed by atoms with Crippen LogP contribution in [-0.2, 0) is 13.0 Å². The van der Waals surface area contributed by atoms with Crippen molar-refractivity contribution in [3.63, 3.8) is 0 Å². The Balaban J connectivity index is 0.00000256. The monoisotopic (exact) mass is 542 g/mol. The number of nitrogens with zero attached hydrogens (tertiary/aromatic N) is 2. The topological polar surface area (TPSA) is 58.1 Å². The molecule has 30 heavy (non-hydrogen) atoms. The van der Waals surface area contributed by atoms with Crippen molar-refractivity contribution >= 4 is 46.3 Å². The van der Waals surface area contributed by atoms with Crippen molar-refractivity contribution in [2.75, 3.05) is 32.1 Å². The quantitative estimate of drug-likeness (QED) is 0.340. The van der Waals surface area contributed by atoms with Gasteiger partial charge in [0.25, 0.3) is 0 Å². The zero-order chi connectivity index (χ0) is 20.2. The van der Waals surface area contributed by atoms with Crippen LogP contribution in [-0.4, -0.2) is 45.4 Å². The standard InChI is InChI=1S/C22H30N4O2S.HI/c1-15-11-16-12-19(27-3)17(13-20(16)28-15)14-24-22(23-2)25-18-6-8-26(9-7-18)21-5-4-10-29-21;/h4-5,10,12-13,15,18H,6-9,11,14H2,1-3H3,(H2,23,24,25);1H. The number of aliphatic imine (C=N–C) groups is 1. The van der Waals surface area contributed by atoms with E-state index in [1.165, 1.54) is 10.6 Å². The summed E-state index contributed by atoms with van der Waals surface area (Å²) in [4.78, 5) is 6.88. The molecule has 0 aliphatic carbocycles. The minimum atomic E-state index is 0. The lowest BCUT2D eigenvalue weighted by Gasteiger charge is -2.33. The average Bonchev–Trinajstić information content (AvgIpc) is 3.39. The zero-order valence-corrected chi connectivity index (χ0v) is 21.0. The Morgan fingerprint density at radius 3 is 2.80 bits per heavy atom. The Kier molecular flexibility index (Phi) is 8.10. The van der Waals surface area contributed by atoms with Crippen LogP contribution in [0.4, 0.5) is 5.00 Å². The molecule has 8 heteroatoms. The zero-order valence-electron chi connectivity index (χ0n) is 17.8. The number of thiophene rings is 1. The SMILES string of the molecule is CN=C(NCc1cc2c(cc1OC)CC(C)O2)NC1CCN(c2cccs2)CC1.I. The molecule has 0 bridgehead atoms. The van der Waals surface area contributed by atoms with E-state index in [2.05, 4.69) is 57.1 Å². The first-order valence-corrected chi connectivity index (χ1v) is 11.2. The van der Waals surface area contributed by atoms with Gasteiger partial charge in [-0.15, -0.1) is 35.3 Å². The molecule has 1 fully saturated rings. The van der Waals surface area contributed by atoms with Crippen LogP contribution in [0.15, 0.2) is 34.6 Å². The second kappa shape index (κ2) is 10.6. The highest BCUT2D eigenvalue weighted by Gasteiger charge is 2.23. The molecule has 2 aliphatic rings. The molecule has 164 valence electrons. The number of methoxy groups -OCH3 is 1. The lowest BCUT2D eigenvalue weighted by atomic mass is 10.1. The minimum Gasteiger partial charge on any atom is -0.496 e. The smallest absolute Gasteiger partial charge is 0.191 e. The molecule has 1 unspecified atom stereocenters. The van der Waals surface area contributed by atoms with Gasteiger partial charge in [0, 0.05) is 50.3 Å². The summed E-state index contributed by atoms with van der Waals surface area (Å²) < 4.78 is 11.5. The molecule has 0 radical (unpaired) electrons. The number of hydrogen-bond donors (Lipinski definition) is 2. The van der Waals surface area contributed by atoms with Crippen LogP contribution in [0, 0.1) is 0 Å². The minimum absolute atomic E-state index is 0. The molecule has 1 aromatic heterocycles. The molecule has 0 saturated carbocycles. The van der Waals surface area contributed by atoms with E-state index in [1.807, 2.05) is 18.4 Å². The summed E-state index contributed by atoms with van der Waals surface area (Å²) >= 11 is 1.81. The molecule has 6 nitrogen and oxygen atoms in total. The van der Waals surface area contributed by atoms with Gasteiger partial charge >= 0.3 is 0 Å². The summed E-state index contributed by atoms with van der Waals surface area (Å²) in [5, 5.41) is 10.5. The third-order valence-corrected chi connectivity index (χ3v) is 6.55. The lowest BCUT2D eigenvalue weighted by molar-refractivity contribution is 0.254. The van der Waals surface area contributed by atoms with Gasteiger partial charge in [0.05, 0.1) is 12.1 Å². The summed E-state index contributed by atoms with van der Waals surface area (Å²) in [6.45, 7) is 4.88. The molecular formula is C22H31IN4O2S. The van der Waals surface area contributed by atoms with Crippen molar-refractivity contribution in [1.82, 2.24) is 10.6 Å². The number of benzene rings is 1. The first-order valence-electron chi connectivity index (χ1n) is 10.3. The fraction of sp³-hybridized carbons (Fsp3) is 0.500. The van der Waals surface area contributed by atoms with Crippen molar-refractivity contribution in [2.24, 2.45) is 4.99 Å². The van der Waals surface area contributed by atoms with Gasteiger partial charge in [-0.25, -0.2) is 0 Å². The van der Waals surface area contributed by atoms with Crippen LogP contribution in [0.3, 0.4) is 0 Å². The van der Waals surface area contributed by atoms with E-state index in [4.69, 9.17) is 9.47 Å². The van der Waals surface area contributed by atoms with Crippen LogP contribution in [0.2, 0.25) is 0 Å². The van der Waals surface area contributed by atoms with Crippen molar-refractivity contribution in [3.05, 3.63) is 40.8 Å². The summed E-state index contributed by atoms with van der Waals surface area (Å²) in [7, 11) is 3.54. The number of rotatable bonds is 5. The predicted molar refractivity (Wildman–Crippen MR) is 135 cm³/mol. The number of nitrogens with one attached hydrogen (secondary N) is 2. The van der Waals surface area contributed by atoms with Crippen molar-refractivity contribution in [2.45, 2.75) is 44.9 Å². The fourth-order valence-corrected chi connectivity index (χ4v) is 4.86. The van der Waals surface area contributed by atoms with Gasteiger partial charge in [0.1, 0.15) is 17.6 Å². The van der Waals surface area contributed by atoms with Gasteiger partial charge in [0.15, 0.2) is 5.96 Å². The van der Waals surface area contributed by atoms with Crippen molar-refractivity contribution in [1.29, 1.82) is 0 Å². The third kappa shape index (κ3) is 5.32.